The average Bonchev–Trinajstić information content (AvgIpc) is 3.00. The first-order chi connectivity index (χ1) is 11.1. The van der Waals surface area contributed by atoms with Crippen LogP contribution in [0, 0.1) is 0 Å². The minimum atomic E-state index is -0.871. The van der Waals surface area contributed by atoms with Crippen LogP contribution in [0.15, 0.2) is 12.3 Å². The van der Waals surface area contributed by atoms with E-state index in [4.69, 9.17) is 21.1 Å². The Morgan fingerprint density at radius 2 is 2.13 bits per heavy atom. The molecule has 1 aliphatic heterocycles. The van der Waals surface area contributed by atoms with Crippen molar-refractivity contribution in [2.45, 2.75) is 12.6 Å². The molecule has 0 amide bonds. The number of aromatic nitrogens is 4. The molecule has 23 heavy (non-hydrogen) atoms. The van der Waals surface area contributed by atoms with Gasteiger partial charge in [0.15, 0.2) is 5.15 Å². The fourth-order valence-electron chi connectivity index (χ4n) is 2.50. The molecule has 0 saturated carbocycles. The number of anilines is 1. The lowest BCUT2D eigenvalue weighted by Gasteiger charge is -2.20. The molecule has 3 heterocycles. The molecule has 3 rings (SSSR count). The van der Waals surface area contributed by atoms with Crippen molar-refractivity contribution in [1.29, 1.82) is 0 Å². The van der Waals surface area contributed by atoms with E-state index in [9.17, 15) is 4.39 Å². The Kier molecular flexibility index (Phi) is 4.42. The number of ether oxygens (including phenoxy) is 2. The lowest BCUT2D eigenvalue weighted by Crippen LogP contribution is -2.21. The van der Waals surface area contributed by atoms with E-state index < -0.39 is 6.17 Å². The van der Waals surface area contributed by atoms with Crippen molar-refractivity contribution in [3.63, 3.8) is 0 Å². The second kappa shape index (κ2) is 6.49. The maximum Gasteiger partial charge on any atom is 0.319 e. The van der Waals surface area contributed by atoms with E-state index in [1.807, 2.05) is 4.90 Å². The summed E-state index contributed by atoms with van der Waals surface area (Å²) >= 11 is 5.96. The number of rotatable bonds is 4. The second-order valence-corrected chi connectivity index (χ2v) is 5.40. The van der Waals surface area contributed by atoms with Gasteiger partial charge in [0.25, 0.3) is 0 Å². The summed E-state index contributed by atoms with van der Waals surface area (Å²) in [6.45, 7) is 0.865. The Hall–Kier alpha value is -2.22. The normalized spacial score (nSPS) is 17.4. The summed E-state index contributed by atoms with van der Waals surface area (Å²) in [4.78, 5) is 10.1. The van der Waals surface area contributed by atoms with Crippen molar-refractivity contribution in [2.24, 2.45) is 0 Å². The zero-order chi connectivity index (χ0) is 16.4. The summed E-state index contributed by atoms with van der Waals surface area (Å²) in [5.74, 6) is 0.297. The molecule has 1 atom stereocenters. The largest absolute Gasteiger partial charge is 0.480 e. The third-order valence-electron chi connectivity index (χ3n) is 3.58. The highest BCUT2D eigenvalue weighted by atomic mass is 35.5. The topological polar surface area (TPSA) is 73.3 Å². The molecule has 9 heteroatoms. The molecule has 0 aromatic carbocycles. The van der Waals surface area contributed by atoms with E-state index in [0.717, 1.165) is 0 Å². The van der Waals surface area contributed by atoms with Gasteiger partial charge >= 0.3 is 6.01 Å². The van der Waals surface area contributed by atoms with Gasteiger partial charge in [0.2, 0.25) is 5.88 Å². The van der Waals surface area contributed by atoms with E-state index in [-0.39, 0.29) is 17.7 Å². The molecule has 7 nitrogen and oxygen atoms in total. The molecule has 0 N–H and O–H groups in total. The Morgan fingerprint density at radius 1 is 1.30 bits per heavy atom. The van der Waals surface area contributed by atoms with Gasteiger partial charge in [0.1, 0.15) is 11.9 Å². The van der Waals surface area contributed by atoms with Gasteiger partial charge in [-0.15, -0.1) is 10.2 Å². The number of hydrogen-bond acceptors (Lipinski definition) is 7. The third-order valence-corrected chi connectivity index (χ3v) is 3.76. The number of halogens is 2. The lowest BCUT2D eigenvalue weighted by molar-refractivity contribution is 0.353. The first kappa shape index (κ1) is 15.7. The van der Waals surface area contributed by atoms with Crippen molar-refractivity contribution < 1.29 is 13.9 Å². The number of alkyl halides is 1. The highest BCUT2D eigenvalue weighted by molar-refractivity contribution is 6.29. The van der Waals surface area contributed by atoms with Crippen LogP contribution in [0.3, 0.4) is 0 Å². The Bertz CT molecular complexity index is 718. The van der Waals surface area contributed by atoms with Crippen molar-refractivity contribution in [2.75, 3.05) is 32.2 Å². The van der Waals surface area contributed by atoms with E-state index in [2.05, 4.69) is 20.2 Å². The zero-order valence-electron chi connectivity index (χ0n) is 12.7. The van der Waals surface area contributed by atoms with Crippen LogP contribution in [0.2, 0.25) is 5.15 Å². The fraction of sp³-hybridized carbons (Fsp3) is 0.429. The smallest absolute Gasteiger partial charge is 0.319 e. The van der Waals surface area contributed by atoms with E-state index in [0.29, 0.717) is 35.8 Å². The Labute approximate surface area is 137 Å². The predicted octanol–water partition coefficient (Wildman–Crippen LogP) is 2.15. The van der Waals surface area contributed by atoms with Crippen molar-refractivity contribution >= 4 is 17.3 Å². The van der Waals surface area contributed by atoms with Crippen LogP contribution in [0.25, 0.3) is 11.3 Å². The maximum absolute atomic E-state index is 13.6. The molecule has 0 aliphatic carbocycles. The molecular formula is C14H15ClFN5O2. The number of nitrogens with zero attached hydrogens (tertiary/aromatic N) is 5. The molecule has 0 spiro atoms. The summed E-state index contributed by atoms with van der Waals surface area (Å²) < 4.78 is 23.8. The Morgan fingerprint density at radius 3 is 2.78 bits per heavy atom. The fourth-order valence-corrected chi connectivity index (χ4v) is 2.64. The van der Waals surface area contributed by atoms with Crippen molar-refractivity contribution in [1.82, 2.24) is 20.2 Å². The van der Waals surface area contributed by atoms with Gasteiger partial charge < -0.3 is 14.4 Å². The second-order valence-electron chi connectivity index (χ2n) is 5.01. The number of methoxy groups -OCH3 is 2. The minimum Gasteiger partial charge on any atom is -0.480 e. The Balaban J connectivity index is 2.09. The van der Waals surface area contributed by atoms with Crippen LogP contribution >= 0.6 is 11.6 Å². The highest BCUT2D eigenvalue weighted by Crippen LogP contribution is 2.36. The maximum atomic E-state index is 13.6. The summed E-state index contributed by atoms with van der Waals surface area (Å²) in [5.41, 5.74) is 1.70. The molecule has 1 aliphatic rings. The summed E-state index contributed by atoms with van der Waals surface area (Å²) in [5, 5.41) is 8.25. The number of hydrogen-bond donors (Lipinski definition) is 0. The van der Waals surface area contributed by atoms with Crippen LogP contribution < -0.4 is 14.4 Å². The molecular weight excluding hydrogens is 325 g/mol. The summed E-state index contributed by atoms with van der Waals surface area (Å²) in [6, 6.07) is 1.84. The first-order valence-electron chi connectivity index (χ1n) is 7.00. The predicted molar refractivity (Wildman–Crippen MR) is 82.9 cm³/mol. The van der Waals surface area contributed by atoms with Crippen molar-refractivity contribution in [3.8, 4) is 23.1 Å². The summed E-state index contributed by atoms with van der Waals surface area (Å²) in [7, 11) is 2.95. The van der Waals surface area contributed by atoms with Crippen LogP contribution in [-0.4, -0.2) is 53.6 Å². The highest BCUT2D eigenvalue weighted by Gasteiger charge is 2.27. The van der Waals surface area contributed by atoms with Crippen LogP contribution in [0.1, 0.15) is 6.42 Å². The van der Waals surface area contributed by atoms with E-state index in [1.54, 1.807) is 6.07 Å². The molecule has 2 aromatic rings. The van der Waals surface area contributed by atoms with Gasteiger partial charge in [-0.3, -0.25) is 0 Å². The minimum absolute atomic E-state index is 0.180. The lowest BCUT2D eigenvalue weighted by atomic mass is 10.2. The zero-order valence-corrected chi connectivity index (χ0v) is 13.4. The molecule has 1 saturated heterocycles. The quantitative estimate of drug-likeness (QED) is 0.845. The van der Waals surface area contributed by atoms with E-state index in [1.165, 1.54) is 20.4 Å². The van der Waals surface area contributed by atoms with Gasteiger partial charge in [0.05, 0.1) is 25.5 Å². The van der Waals surface area contributed by atoms with Gasteiger partial charge in [-0.05, 0) is 6.42 Å². The van der Waals surface area contributed by atoms with Gasteiger partial charge in [-0.1, -0.05) is 11.6 Å². The molecule has 122 valence electrons. The SMILES string of the molecule is COc1ncc(-c2nnc(Cl)cc2N2CC[C@H](F)C2)c(OC)n1. The molecule has 0 bridgehead atoms. The van der Waals surface area contributed by atoms with Crippen LogP contribution in [-0.2, 0) is 0 Å². The molecule has 0 radical (unpaired) electrons. The summed E-state index contributed by atoms with van der Waals surface area (Å²) in [6.07, 6.45) is 1.13. The van der Waals surface area contributed by atoms with Crippen LogP contribution in [0.4, 0.5) is 10.1 Å². The standard InChI is InChI=1S/C14H15ClFN5O2/c1-22-13-9(6-17-14(18-13)23-2)12-10(5-11(15)19-20-12)21-4-3-8(16)7-21/h5-6,8H,3-4,7H2,1-2H3/t8-/m0/s1. The van der Waals surface area contributed by atoms with Crippen molar-refractivity contribution in [3.05, 3.63) is 17.4 Å². The van der Waals surface area contributed by atoms with Gasteiger partial charge in [-0.2, -0.15) is 4.98 Å². The molecule has 2 aromatic heterocycles. The van der Waals surface area contributed by atoms with Gasteiger partial charge in [-0.25, -0.2) is 9.37 Å². The molecule has 1 fully saturated rings. The third kappa shape index (κ3) is 3.12. The molecule has 0 unspecified atom stereocenters. The average molecular weight is 340 g/mol. The monoisotopic (exact) mass is 339 g/mol. The van der Waals surface area contributed by atoms with Gasteiger partial charge in [0, 0.05) is 25.4 Å². The van der Waals surface area contributed by atoms with E-state index >= 15 is 0 Å². The van der Waals surface area contributed by atoms with Crippen LogP contribution in [0.5, 0.6) is 11.9 Å². The first-order valence-corrected chi connectivity index (χ1v) is 7.37.